The van der Waals surface area contributed by atoms with E-state index in [2.05, 4.69) is 0 Å². The molecular formula is C21H15NO3. The molecule has 4 heteroatoms. The summed E-state index contributed by atoms with van der Waals surface area (Å²) in [6.45, 7) is 1.99. The Morgan fingerprint density at radius 3 is 2.20 bits per heavy atom. The van der Waals surface area contributed by atoms with Gasteiger partial charge in [-0.2, -0.15) is 0 Å². The van der Waals surface area contributed by atoms with Crippen molar-refractivity contribution in [3.63, 3.8) is 0 Å². The SMILES string of the molecule is Cc1ccc(Oc2cccc3c2C(=O)N(c2ccccc2)C3=O)cc1. The third-order valence-corrected chi connectivity index (χ3v) is 4.14. The molecule has 3 aromatic rings. The Morgan fingerprint density at radius 2 is 1.48 bits per heavy atom. The Kier molecular flexibility index (Phi) is 3.58. The highest BCUT2D eigenvalue weighted by atomic mass is 16.5. The third-order valence-electron chi connectivity index (χ3n) is 4.14. The van der Waals surface area contributed by atoms with Crippen LogP contribution in [0.2, 0.25) is 0 Å². The molecule has 4 nitrogen and oxygen atoms in total. The van der Waals surface area contributed by atoms with Crippen LogP contribution in [-0.2, 0) is 0 Å². The number of fused-ring (bicyclic) bond motifs is 1. The fourth-order valence-corrected chi connectivity index (χ4v) is 2.88. The first kappa shape index (κ1) is 15.1. The summed E-state index contributed by atoms with van der Waals surface area (Å²) in [5.41, 5.74) is 2.33. The minimum atomic E-state index is -0.367. The molecule has 122 valence electrons. The van der Waals surface area contributed by atoms with Crippen molar-refractivity contribution in [2.24, 2.45) is 0 Å². The lowest BCUT2D eigenvalue weighted by atomic mass is 10.1. The number of benzene rings is 3. The predicted octanol–water partition coefficient (Wildman–Crippen LogP) is 4.59. The number of hydrogen-bond acceptors (Lipinski definition) is 3. The van der Waals surface area contributed by atoms with E-state index in [-0.39, 0.29) is 11.8 Å². The first-order valence-electron chi connectivity index (χ1n) is 7.96. The summed E-state index contributed by atoms with van der Waals surface area (Å²) in [6.07, 6.45) is 0. The molecule has 1 aliphatic rings. The first-order chi connectivity index (χ1) is 12.1. The number of ether oxygens (including phenoxy) is 1. The van der Waals surface area contributed by atoms with E-state index in [1.165, 1.54) is 4.90 Å². The van der Waals surface area contributed by atoms with E-state index >= 15 is 0 Å². The van der Waals surface area contributed by atoms with Crippen molar-refractivity contribution in [3.8, 4) is 11.5 Å². The number of nitrogens with zero attached hydrogens (tertiary/aromatic N) is 1. The number of rotatable bonds is 3. The Balaban J connectivity index is 1.75. The maximum absolute atomic E-state index is 12.9. The number of carbonyl (C=O) groups is 2. The molecule has 0 saturated heterocycles. The molecule has 0 atom stereocenters. The molecule has 0 radical (unpaired) electrons. The van der Waals surface area contributed by atoms with Crippen LogP contribution in [0, 0.1) is 6.92 Å². The summed E-state index contributed by atoms with van der Waals surface area (Å²) in [5.74, 6) is 0.310. The van der Waals surface area contributed by atoms with Gasteiger partial charge in [-0.3, -0.25) is 9.59 Å². The van der Waals surface area contributed by atoms with Crippen LogP contribution in [0.15, 0.2) is 72.8 Å². The zero-order chi connectivity index (χ0) is 17.4. The zero-order valence-corrected chi connectivity index (χ0v) is 13.6. The summed E-state index contributed by atoms with van der Waals surface area (Å²) < 4.78 is 5.88. The Labute approximate surface area is 145 Å². The van der Waals surface area contributed by atoms with Gasteiger partial charge in [0.2, 0.25) is 0 Å². The van der Waals surface area contributed by atoms with Gasteiger partial charge in [0, 0.05) is 0 Å². The number of carbonyl (C=O) groups excluding carboxylic acids is 2. The number of amides is 2. The fraction of sp³-hybridized carbons (Fsp3) is 0.0476. The molecule has 0 N–H and O–H groups in total. The lowest BCUT2D eigenvalue weighted by Crippen LogP contribution is -2.29. The summed E-state index contributed by atoms with van der Waals surface area (Å²) in [7, 11) is 0. The van der Waals surface area contributed by atoms with Crippen LogP contribution in [0.25, 0.3) is 0 Å². The summed E-state index contributed by atoms with van der Waals surface area (Å²) in [6, 6.07) is 21.5. The Bertz CT molecular complexity index is 962. The highest BCUT2D eigenvalue weighted by molar-refractivity contribution is 6.35. The van der Waals surface area contributed by atoms with Gasteiger partial charge in [-0.1, -0.05) is 42.0 Å². The molecule has 1 aliphatic heterocycles. The van der Waals surface area contributed by atoms with E-state index in [9.17, 15) is 9.59 Å². The average Bonchev–Trinajstić information content (AvgIpc) is 2.89. The maximum Gasteiger partial charge on any atom is 0.269 e. The van der Waals surface area contributed by atoms with Gasteiger partial charge in [-0.15, -0.1) is 0 Å². The lowest BCUT2D eigenvalue weighted by molar-refractivity contribution is 0.0925. The second-order valence-electron chi connectivity index (χ2n) is 5.88. The molecule has 0 saturated carbocycles. The van der Waals surface area contributed by atoms with Crippen LogP contribution in [0.5, 0.6) is 11.5 Å². The third kappa shape index (κ3) is 2.58. The molecular weight excluding hydrogens is 314 g/mol. The van der Waals surface area contributed by atoms with Gasteiger partial charge in [0.25, 0.3) is 11.8 Å². The van der Waals surface area contributed by atoms with Gasteiger partial charge in [-0.25, -0.2) is 4.90 Å². The van der Waals surface area contributed by atoms with Gasteiger partial charge in [-0.05, 0) is 43.3 Å². The number of anilines is 1. The van der Waals surface area contributed by atoms with Crippen molar-refractivity contribution in [1.82, 2.24) is 0 Å². The normalized spacial score (nSPS) is 13.1. The van der Waals surface area contributed by atoms with Crippen molar-refractivity contribution in [3.05, 3.63) is 89.5 Å². The summed E-state index contributed by atoms with van der Waals surface area (Å²) in [5, 5.41) is 0. The van der Waals surface area contributed by atoms with Gasteiger partial charge in [0.05, 0.1) is 16.8 Å². The molecule has 0 unspecified atom stereocenters. The second kappa shape index (κ2) is 5.91. The van der Waals surface area contributed by atoms with Gasteiger partial charge in [0.1, 0.15) is 11.5 Å². The Morgan fingerprint density at radius 1 is 0.760 bits per heavy atom. The van der Waals surface area contributed by atoms with Crippen molar-refractivity contribution in [2.75, 3.05) is 4.90 Å². The molecule has 0 bridgehead atoms. The highest BCUT2D eigenvalue weighted by Gasteiger charge is 2.39. The van der Waals surface area contributed by atoms with Crippen molar-refractivity contribution in [2.45, 2.75) is 6.92 Å². The van der Waals surface area contributed by atoms with Gasteiger partial charge in [0.15, 0.2) is 0 Å². The van der Waals surface area contributed by atoms with Gasteiger partial charge >= 0.3 is 0 Å². The van der Waals surface area contributed by atoms with Crippen molar-refractivity contribution in [1.29, 1.82) is 0 Å². The van der Waals surface area contributed by atoms with E-state index in [0.717, 1.165) is 5.56 Å². The topological polar surface area (TPSA) is 46.6 Å². The van der Waals surface area contributed by atoms with E-state index in [4.69, 9.17) is 4.74 Å². The molecule has 4 rings (SSSR count). The number of para-hydroxylation sites is 1. The maximum atomic E-state index is 12.9. The number of hydrogen-bond donors (Lipinski definition) is 0. The second-order valence-corrected chi connectivity index (χ2v) is 5.88. The van der Waals surface area contributed by atoms with Gasteiger partial charge < -0.3 is 4.74 Å². The lowest BCUT2D eigenvalue weighted by Gasteiger charge is -2.13. The molecule has 0 aromatic heterocycles. The highest BCUT2D eigenvalue weighted by Crippen LogP contribution is 2.36. The van der Waals surface area contributed by atoms with Crippen molar-refractivity contribution < 1.29 is 14.3 Å². The van der Waals surface area contributed by atoms with E-state index < -0.39 is 0 Å². The Hall–Kier alpha value is -3.40. The molecule has 0 aliphatic carbocycles. The zero-order valence-electron chi connectivity index (χ0n) is 13.6. The van der Waals surface area contributed by atoms with E-state index in [0.29, 0.717) is 28.3 Å². The molecule has 1 heterocycles. The average molecular weight is 329 g/mol. The van der Waals surface area contributed by atoms with Crippen LogP contribution in [0.4, 0.5) is 5.69 Å². The fourth-order valence-electron chi connectivity index (χ4n) is 2.88. The summed E-state index contributed by atoms with van der Waals surface area (Å²) in [4.78, 5) is 26.8. The van der Waals surface area contributed by atoms with E-state index in [1.807, 2.05) is 37.3 Å². The predicted molar refractivity (Wildman–Crippen MR) is 95.3 cm³/mol. The van der Waals surface area contributed by atoms with Crippen LogP contribution < -0.4 is 9.64 Å². The van der Waals surface area contributed by atoms with Crippen LogP contribution in [-0.4, -0.2) is 11.8 Å². The minimum Gasteiger partial charge on any atom is -0.457 e. The monoisotopic (exact) mass is 329 g/mol. The minimum absolute atomic E-state index is 0.303. The standard InChI is InChI=1S/C21H15NO3/c1-14-10-12-16(13-11-14)25-18-9-5-8-17-19(18)21(24)22(20(17)23)15-6-3-2-4-7-15/h2-13H,1H3. The van der Waals surface area contributed by atoms with Crippen LogP contribution in [0.3, 0.4) is 0 Å². The van der Waals surface area contributed by atoms with Crippen LogP contribution in [0.1, 0.15) is 26.3 Å². The number of imide groups is 1. The molecule has 3 aromatic carbocycles. The van der Waals surface area contributed by atoms with Crippen molar-refractivity contribution >= 4 is 17.5 Å². The first-order valence-corrected chi connectivity index (χ1v) is 7.96. The summed E-state index contributed by atoms with van der Waals surface area (Å²) >= 11 is 0. The number of aryl methyl sites for hydroxylation is 1. The largest absolute Gasteiger partial charge is 0.457 e. The quantitative estimate of drug-likeness (QED) is 0.660. The molecule has 0 spiro atoms. The molecule has 2 amide bonds. The smallest absolute Gasteiger partial charge is 0.269 e. The van der Waals surface area contributed by atoms with E-state index in [1.54, 1.807) is 42.5 Å². The molecule has 0 fully saturated rings. The molecule has 25 heavy (non-hydrogen) atoms. The van der Waals surface area contributed by atoms with Crippen LogP contribution >= 0.6 is 0 Å².